The van der Waals surface area contributed by atoms with Gasteiger partial charge in [0.25, 0.3) is 0 Å². The molecule has 1 aliphatic rings. The van der Waals surface area contributed by atoms with E-state index in [-0.39, 0.29) is 6.10 Å². The lowest BCUT2D eigenvalue weighted by Crippen LogP contribution is -2.41. The molecular weight excluding hydrogens is 180 g/mol. The standard InChI is InChI=1S/C9H16N4O/c1-7-11-8(2)13(12-7)6-9-5-10-3-4-14-9/h9-10H,3-6H2,1-2H3/t9-/m1/s1. The quantitative estimate of drug-likeness (QED) is 0.716. The van der Waals surface area contributed by atoms with Crippen LogP contribution in [0.25, 0.3) is 0 Å². The summed E-state index contributed by atoms with van der Waals surface area (Å²) in [6.45, 7) is 7.31. The summed E-state index contributed by atoms with van der Waals surface area (Å²) < 4.78 is 7.50. The highest BCUT2D eigenvalue weighted by atomic mass is 16.5. The Kier molecular flexibility index (Phi) is 2.79. The molecule has 0 radical (unpaired) electrons. The Morgan fingerprint density at radius 1 is 1.57 bits per heavy atom. The maximum absolute atomic E-state index is 5.60. The summed E-state index contributed by atoms with van der Waals surface area (Å²) in [5.74, 6) is 1.78. The second-order valence-electron chi connectivity index (χ2n) is 3.59. The largest absolute Gasteiger partial charge is 0.374 e. The molecule has 1 fully saturated rings. The van der Waals surface area contributed by atoms with Crippen molar-refractivity contribution in [2.24, 2.45) is 0 Å². The molecule has 1 atom stereocenters. The highest BCUT2D eigenvalue weighted by molar-refractivity contribution is 4.88. The number of ether oxygens (including phenoxy) is 1. The van der Waals surface area contributed by atoms with E-state index in [1.807, 2.05) is 18.5 Å². The van der Waals surface area contributed by atoms with Crippen LogP contribution in [0.4, 0.5) is 0 Å². The first kappa shape index (κ1) is 9.61. The smallest absolute Gasteiger partial charge is 0.147 e. The number of nitrogens with one attached hydrogen (secondary N) is 1. The van der Waals surface area contributed by atoms with Gasteiger partial charge in [-0.3, -0.25) is 0 Å². The molecule has 0 aliphatic carbocycles. The van der Waals surface area contributed by atoms with Crippen LogP contribution in [0.5, 0.6) is 0 Å². The summed E-state index contributed by atoms with van der Waals surface area (Å²) >= 11 is 0. The molecule has 0 spiro atoms. The molecule has 1 aromatic heterocycles. The van der Waals surface area contributed by atoms with Gasteiger partial charge in [-0.25, -0.2) is 9.67 Å². The van der Waals surface area contributed by atoms with E-state index < -0.39 is 0 Å². The molecule has 0 bridgehead atoms. The SMILES string of the molecule is Cc1nc(C)n(C[C@H]2CNCCO2)n1. The van der Waals surface area contributed by atoms with Crippen LogP contribution in [-0.2, 0) is 11.3 Å². The van der Waals surface area contributed by atoms with Crippen molar-refractivity contribution in [1.82, 2.24) is 20.1 Å². The second kappa shape index (κ2) is 4.06. The van der Waals surface area contributed by atoms with Crippen molar-refractivity contribution in [3.8, 4) is 0 Å². The lowest BCUT2D eigenvalue weighted by atomic mass is 10.3. The van der Waals surface area contributed by atoms with Crippen LogP contribution in [0.1, 0.15) is 11.6 Å². The van der Waals surface area contributed by atoms with Gasteiger partial charge in [-0.05, 0) is 13.8 Å². The molecule has 0 saturated carbocycles. The molecule has 1 N–H and O–H groups in total. The monoisotopic (exact) mass is 196 g/mol. The third kappa shape index (κ3) is 2.10. The summed E-state index contributed by atoms with van der Waals surface area (Å²) in [4.78, 5) is 4.25. The first-order valence-electron chi connectivity index (χ1n) is 4.96. The van der Waals surface area contributed by atoms with E-state index in [2.05, 4.69) is 15.4 Å². The van der Waals surface area contributed by atoms with E-state index in [9.17, 15) is 0 Å². The second-order valence-corrected chi connectivity index (χ2v) is 3.59. The average Bonchev–Trinajstić information content (AvgIpc) is 2.47. The van der Waals surface area contributed by atoms with E-state index in [0.29, 0.717) is 0 Å². The van der Waals surface area contributed by atoms with Crippen molar-refractivity contribution < 1.29 is 4.74 Å². The van der Waals surface area contributed by atoms with Crippen LogP contribution in [0.15, 0.2) is 0 Å². The fourth-order valence-corrected chi connectivity index (χ4v) is 1.66. The maximum Gasteiger partial charge on any atom is 0.147 e. The van der Waals surface area contributed by atoms with Crippen molar-refractivity contribution in [1.29, 1.82) is 0 Å². The summed E-state index contributed by atoms with van der Waals surface area (Å²) in [6, 6.07) is 0. The zero-order chi connectivity index (χ0) is 9.97. The minimum atomic E-state index is 0.226. The van der Waals surface area contributed by atoms with Crippen molar-refractivity contribution >= 4 is 0 Å². The van der Waals surface area contributed by atoms with Crippen LogP contribution in [0.3, 0.4) is 0 Å². The Balaban J connectivity index is 1.98. The van der Waals surface area contributed by atoms with Gasteiger partial charge in [-0.2, -0.15) is 5.10 Å². The van der Waals surface area contributed by atoms with E-state index in [1.165, 1.54) is 0 Å². The Morgan fingerprint density at radius 3 is 3.00 bits per heavy atom. The van der Waals surface area contributed by atoms with Crippen molar-refractivity contribution in [3.63, 3.8) is 0 Å². The van der Waals surface area contributed by atoms with E-state index in [4.69, 9.17) is 4.74 Å². The topological polar surface area (TPSA) is 52.0 Å². The normalized spacial score (nSPS) is 22.6. The highest BCUT2D eigenvalue weighted by Gasteiger charge is 2.15. The van der Waals surface area contributed by atoms with Gasteiger partial charge in [-0.15, -0.1) is 0 Å². The summed E-state index contributed by atoms with van der Waals surface area (Å²) in [7, 11) is 0. The molecule has 1 aromatic rings. The van der Waals surface area contributed by atoms with Gasteiger partial charge in [0, 0.05) is 13.1 Å². The predicted molar refractivity (Wildman–Crippen MR) is 52.1 cm³/mol. The Hall–Kier alpha value is -0.940. The minimum absolute atomic E-state index is 0.226. The molecule has 2 rings (SSSR count). The van der Waals surface area contributed by atoms with Crippen LogP contribution in [-0.4, -0.2) is 40.6 Å². The zero-order valence-corrected chi connectivity index (χ0v) is 8.66. The molecule has 2 heterocycles. The van der Waals surface area contributed by atoms with Gasteiger partial charge in [0.1, 0.15) is 11.6 Å². The Bertz CT molecular complexity index is 304. The number of aryl methyl sites for hydroxylation is 2. The van der Waals surface area contributed by atoms with Crippen molar-refractivity contribution in [2.75, 3.05) is 19.7 Å². The predicted octanol–water partition coefficient (Wildman–Crippen LogP) is -0.117. The lowest BCUT2D eigenvalue weighted by molar-refractivity contribution is 0.0157. The van der Waals surface area contributed by atoms with Crippen LogP contribution in [0, 0.1) is 13.8 Å². The molecular formula is C9H16N4O. The molecule has 14 heavy (non-hydrogen) atoms. The average molecular weight is 196 g/mol. The molecule has 5 heteroatoms. The molecule has 1 aliphatic heterocycles. The van der Waals surface area contributed by atoms with Gasteiger partial charge in [0.2, 0.25) is 0 Å². The molecule has 5 nitrogen and oxygen atoms in total. The molecule has 78 valence electrons. The van der Waals surface area contributed by atoms with Gasteiger partial charge in [0.15, 0.2) is 0 Å². The maximum atomic E-state index is 5.60. The lowest BCUT2D eigenvalue weighted by Gasteiger charge is -2.23. The Labute approximate surface area is 83.5 Å². The first-order valence-corrected chi connectivity index (χ1v) is 4.96. The molecule has 1 saturated heterocycles. The molecule has 0 aromatic carbocycles. The van der Waals surface area contributed by atoms with E-state index >= 15 is 0 Å². The fraction of sp³-hybridized carbons (Fsp3) is 0.778. The number of hydrogen-bond donors (Lipinski definition) is 1. The zero-order valence-electron chi connectivity index (χ0n) is 8.66. The van der Waals surface area contributed by atoms with Gasteiger partial charge in [0.05, 0.1) is 19.3 Å². The minimum Gasteiger partial charge on any atom is -0.374 e. The summed E-state index contributed by atoms with van der Waals surface area (Å²) in [5.41, 5.74) is 0. The third-order valence-corrected chi connectivity index (χ3v) is 2.34. The van der Waals surface area contributed by atoms with E-state index in [1.54, 1.807) is 0 Å². The number of nitrogens with zero attached hydrogens (tertiary/aromatic N) is 3. The fourth-order valence-electron chi connectivity index (χ4n) is 1.66. The van der Waals surface area contributed by atoms with Crippen LogP contribution >= 0.6 is 0 Å². The summed E-state index contributed by atoms with van der Waals surface area (Å²) in [6.07, 6.45) is 0.226. The first-order chi connectivity index (χ1) is 6.75. The number of hydrogen-bond acceptors (Lipinski definition) is 4. The number of morpholine rings is 1. The van der Waals surface area contributed by atoms with Gasteiger partial charge >= 0.3 is 0 Å². The summed E-state index contributed by atoms with van der Waals surface area (Å²) in [5, 5.41) is 7.60. The molecule has 0 unspecified atom stereocenters. The third-order valence-electron chi connectivity index (χ3n) is 2.34. The van der Waals surface area contributed by atoms with Crippen molar-refractivity contribution in [3.05, 3.63) is 11.6 Å². The molecule has 0 amide bonds. The number of rotatable bonds is 2. The van der Waals surface area contributed by atoms with Crippen molar-refractivity contribution in [2.45, 2.75) is 26.5 Å². The van der Waals surface area contributed by atoms with Gasteiger partial charge < -0.3 is 10.1 Å². The van der Waals surface area contributed by atoms with Crippen LogP contribution in [0.2, 0.25) is 0 Å². The Morgan fingerprint density at radius 2 is 2.43 bits per heavy atom. The highest BCUT2D eigenvalue weighted by Crippen LogP contribution is 2.02. The number of aromatic nitrogens is 3. The van der Waals surface area contributed by atoms with Crippen LogP contribution < -0.4 is 5.32 Å². The van der Waals surface area contributed by atoms with Gasteiger partial charge in [-0.1, -0.05) is 0 Å². The van der Waals surface area contributed by atoms with E-state index in [0.717, 1.165) is 37.9 Å².